The van der Waals surface area contributed by atoms with E-state index in [9.17, 15) is 4.79 Å². The van der Waals surface area contributed by atoms with Crippen molar-refractivity contribution in [2.24, 2.45) is 0 Å². The van der Waals surface area contributed by atoms with Crippen molar-refractivity contribution < 1.29 is 9.53 Å². The van der Waals surface area contributed by atoms with Crippen LogP contribution in [0.3, 0.4) is 0 Å². The zero-order chi connectivity index (χ0) is 11.9. The molecule has 1 fully saturated rings. The fraction of sp³-hybridized carbons (Fsp3) is 0.533. The molecule has 1 heterocycles. The van der Waals surface area contributed by atoms with Crippen LogP contribution in [0.15, 0.2) is 18.2 Å². The highest BCUT2D eigenvalue weighted by Crippen LogP contribution is 2.35. The van der Waals surface area contributed by atoms with E-state index in [0.717, 1.165) is 12.0 Å². The maximum Gasteiger partial charge on any atom is 0.145 e. The normalized spacial score (nSPS) is 21.5. The quantitative estimate of drug-likeness (QED) is 0.780. The van der Waals surface area contributed by atoms with Crippen LogP contribution in [0.1, 0.15) is 36.5 Å². The minimum absolute atomic E-state index is 0.236. The summed E-state index contributed by atoms with van der Waals surface area (Å²) in [6, 6.07) is 6.60. The molecular formula is C15H18O2. The van der Waals surface area contributed by atoms with Crippen LogP contribution in [0, 0.1) is 0 Å². The predicted molar refractivity (Wildman–Crippen MR) is 66.3 cm³/mol. The van der Waals surface area contributed by atoms with Crippen LogP contribution in [0.25, 0.3) is 0 Å². The molecule has 2 heteroatoms. The van der Waals surface area contributed by atoms with Gasteiger partial charge in [-0.3, -0.25) is 4.79 Å². The Kier molecular flexibility index (Phi) is 2.55. The van der Waals surface area contributed by atoms with Gasteiger partial charge in [0, 0.05) is 0 Å². The lowest BCUT2D eigenvalue weighted by Crippen LogP contribution is -2.52. The molecule has 0 aromatic heterocycles. The van der Waals surface area contributed by atoms with Crippen LogP contribution in [-0.2, 0) is 27.8 Å². The van der Waals surface area contributed by atoms with E-state index in [4.69, 9.17) is 4.74 Å². The summed E-state index contributed by atoms with van der Waals surface area (Å²) in [5.74, 6) is 0.236. The molecule has 1 saturated heterocycles. The minimum atomic E-state index is -0.341. The second-order valence-electron chi connectivity index (χ2n) is 5.32. The van der Waals surface area contributed by atoms with E-state index in [1.54, 1.807) is 6.92 Å². The summed E-state index contributed by atoms with van der Waals surface area (Å²) in [6.07, 6.45) is 4.94. The third-order valence-electron chi connectivity index (χ3n) is 4.27. The second-order valence-corrected chi connectivity index (χ2v) is 5.32. The number of hydrogen-bond donors (Lipinski definition) is 0. The number of carbonyl (C=O) groups is 1. The number of benzene rings is 1. The van der Waals surface area contributed by atoms with E-state index in [2.05, 4.69) is 18.2 Å². The van der Waals surface area contributed by atoms with Crippen molar-refractivity contribution in [3.05, 3.63) is 34.9 Å². The largest absolute Gasteiger partial charge is 0.378 e. The molecule has 17 heavy (non-hydrogen) atoms. The minimum Gasteiger partial charge on any atom is -0.378 e. The van der Waals surface area contributed by atoms with Gasteiger partial charge in [0.05, 0.1) is 13.2 Å². The van der Waals surface area contributed by atoms with Crippen molar-refractivity contribution in [1.82, 2.24) is 0 Å². The highest BCUT2D eigenvalue weighted by atomic mass is 16.5. The van der Waals surface area contributed by atoms with Gasteiger partial charge in [-0.15, -0.1) is 0 Å². The average Bonchev–Trinajstić information content (AvgIpc) is 2.27. The van der Waals surface area contributed by atoms with Crippen LogP contribution in [-0.4, -0.2) is 19.0 Å². The van der Waals surface area contributed by atoms with E-state index in [0.29, 0.717) is 13.2 Å². The van der Waals surface area contributed by atoms with E-state index in [-0.39, 0.29) is 11.2 Å². The number of fused-ring (bicyclic) bond motifs is 1. The van der Waals surface area contributed by atoms with Crippen LogP contribution >= 0.6 is 0 Å². The van der Waals surface area contributed by atoms with Crippen LogP contribution in [0.5, 0.6) is 0 Å². The molecule has 0 unspecified atom stereocenters. The zero-order valence-corrected chi connectivity index (χ0v) is 10.3. The Labute approximate surface area is 102 Å². The van der Waals surface area contributed by atoms with Gasteiger partial charge in [-0.1, -0.05) is 18.2 Å². The van der Waals surface area contributed by atoms with Gasteiger partial charge in [0.15, 0.2) is 0 Å². The van der Waals surface area contributed by atoms with Gasteiger partial charge >= 0.3 is 0 Å². The van der Waals surface area contributed by atoms with Gasteiger partial charge in [0.25, 0.3) is 0 Å². The summed E-state index contributed by atoms with van der Waals surface area (Å²) in [5.41, 5.74) is 3.74. The fourth-order valence-corrected chi connectivity index (χ4v) is 2.91. The summed E-state index contributed by atoms with van der Waals surface area (Å²) in [7, 11) is 0. The Balaban J connectivity index is 2.01. The van der Waals surface area contributed by atoms with Gasteiger partial charge < -0.3 is 4.74 Å². The SMILES string of the molecule is CC(=O)C1(c2ccc3c(c2)CCCC3)COC1. The Morgan fingerprint density at radius 3 is 2.47 bits per heavy atom. The molecule has 0 bridgehead atoms. The molecule has 1 aliphatic carbocycles. The molecule has 0 N–H and O–H groups in total. The van der Waals surface area contributed by atoms with Gasteiger partial charge in [0.1, 0.15) is 11.2 Å². The Hall–Kier alpha value is -1.15. The molecule has 1 aliphatic heterocycles. The fourth-order valence-electron chi connectivity index (χ4n) is 2.91. The maximum atomic E-state index is 11.8. The van der Waals surface area contributed by atoms with Crippen LogP contribution in [0.2, 0.25) is 0 Å². The third-order valence-corrected chi connectivity index (χ3v) is 4.27. The van der Waals surface area contributed by atoms with E-state index < -0.39 is 0 Å². The van der Waals surface area contributed by atoms with Gasteiger partial charge in [-0.2, -0.15) is 0 Å². The summed E-state index contributed by atoms with van der Waals surface area (Å²) >= 11 is 0. The molecule has 3 rings (SSSR count). The first kappa shape index (κ1) is 11.0. The summed E-state index contributed by atoms with van der Waals surface area (Å²) in [6.45, 7) is 2.80. The zero-order valence-electron chi connectivity index (χ0n) is 10.3. The monoisotopic (exact) mass is 230 g/mol. The first-order valence-corrected chi connectivity index (χ1v) is 6.43. The van der Waals surface area contributed by atoms with E-state index >= 15 is 0 Å². The van der Waals surface area contributed by atoms with Crippen molar-refractivity contribution in [2.75, 3.05) is 13.2 Å². The lowest BCUT2D eigenvalue weighted by molar-refractivity contribution is -0.140. The number of Topliss-reactive ketones (excluding diaryl/α,β-unsaturated/α-hetero) is 1. The highest BCUT2D eigenvalue weighted by molar-refractivity contribution is 5.89. The molecule has 1 aromatic carbocycles. The smallest absolute Gasteiger partial charge is 0.145 e. The van der Waals surface area contributed by atoms with Gasteiger partial charge in [0.2, 0.25) is 0 Å². The molecule has 1 aromatic rings. The van der Waals surface area contributed by atoms with E-state index in [1.165, 1.54) is 30.4 Å². The molecule has 0 amide bonds. The van der Waals surface area contributed by atoms with Gasteiger partial charge in [-0.25, -0.2) is 0 Å². The lowest BCUT2D eigenvalue weighted by Gasteiger charge is -2.40. The Morgan fingerprint density at radius 1 is 1.18 bits per heavy atom. The highest BCUT2D eigenvalue weighted by Gasteiger charge is 2.45. The number of ether oxygens (including phenoxy) is 1. The Morgan fingerprint density at radius 2 is 1.88 bits per heavy atom. The predicted octanol–water partition coefficient (Wildman–Crippen LogP) is 2.42. The maximum absolute atomic E-state index is 11.8. The number of carbonyl (C=O) groups excluding carboxylic acids is 1. The molecule has 2 aliphatic rings. The lowest BCUT2D eigenvalue weighted by atomic mass is 9.74. The number of rotatable bonds is 2. The summed E-state index contributed by atoms with van der Waals surface area (Å²) in [5, 5.41) is 0. The molecular weight excluding hydrogens is 212 g/mol. The van der Waals surface area contributed by atoms with Crippen molar-refractivity contribution in [1.29, 1.82) is 0 Å². The Bertz CT molecular complexity index is 458. The molecule has 0 atom stereocenters. The van der Waals surface area contributed by atoms with Crippen molar-refractivity contribution in [3.63, 3.8) is 0 Å². The summed E-state index contributed by atoms with van der Waals surface area (Å²) in [4.78, 5) is 11.8. The first-order valence-electron chi connectivity index (χ1n) is 6.43. The molecule has 0 saturated carbocycles. The molecule has 0 spiro atoms. The third kappa shape index (κ3) is 1.62. The van der Waals surface area contributed by atoms with Crippen molar-refractivity contribution in [3.8, 4) is 0 Å². The number of ketones is 1. The van der Waals surface area contributed by atoms with Crippen LogP contribution in [0.4, 0.5) is 0 Å². The first-order chi connectivity index (χ1) is 8.22. The number of aryl methyl sites for hydroxylation is 2. The second kappa shape index (κ2) is 3.95. The van der Waals surface area contributed by atoms with Gasteiger partial charge in [-0.05, 0) is 49.3 Å². The van der Waals surface area contributed by atoms with Crippen LogP contribution < -0.4 is 0 Å². The molecule has 0 radical (unpaired) electrons. The summed E-state index contributed by atoms with van der Waals surface area (Å²) < 4.78 is 5.28. The molecule has 90 valence electrons. The standard InChI is InChI=1S/C15H18O2/c1-11(16)15(9-17-10-15)14-7-6-12-4-2-3-5-13(12)8-14/h6-8H,2-5,9-10H2,1H3. The van der Waals surface area contributed by atoms with E-state index in [1.807, 2.05) is 0 Å². The van der Waals surface area contributed by atoms with Crippen molar-refractivity contribution >= 4 is 5.78 Å². The van der Waals surface area contributed by atoms with Crippen molar-refractivity contribution in [2.45, 2.75) is 38.0 Å². The average molecular weight is 230 g/mol. The topological polar surface area (TPSA) is 26.3 Å². The number of hydrogen-bond acceptors (Lipinski definition) is 2. The molecule has 2 nitrogen and oxygen atoms in total.